The standard InChI is InChI=1S/C16H14N6OS/c1-9-7-14(23)20-13(17-9)8-24-16-19-12-6-4-3-5-11(12)15-18-10(2)21-22(15)16/h3-7H,8H2,1-2H3,(H,17,20,23). The van der Waals surface area contributed by atoms with Crippen LogP contribution in [0.2, 0.25) is 0 Å². The first kappa shape index (κ1) is 14.8. The number of hydrogen-bond acceptors (Lipinski definition) is 6. The summed E-state index contributed by atoms with van der Waals surface area (Å²) in [5.74, 6) is 1.80. The first-order valence-electron chi connectivity index (χ1n) is 7.42. The maximum absolute atomic E-state index is 11.6. The predicted molar refractivity (Wildman–Crippen MR) is 92.2 cm³/mol. The van der Waals surface area contributed by atoms with Gasteiger partial charge in [-0.25, -0.2) is 15.0 Å². The molecule has 4 rings (SSSR count). The molecule has 0 aliphatic rings. The summed E-state index contributed by atoms with van der Waals surface area (Å²) in [4.78, 5) is 27.9. The third kappa shape index (κ3) is 2.65. The molecule has 1 N–H and O–H groups in total. The highest BCUT2D eigenvalue weighted by Crippen LogP contribution is 2.25. The number of H-pyrrole nitrogens is 1. The molecule has 0 unspecified atom stereocenters. The van der Waals surface area contributed by atoms with Crippen LogP contribution in [0.4, 0.5) is 0 Å². The van der Waals surface area contributed by atoms with E-state index in [2.05, 4.69) is 25.0 Å². The molecule has 0 bridgehead atoms. The summed E-state index contributed by atoms with van der Waals surface area (Å²) in [5.41, 5.74) is 2.20. The van der Waals surface area contributed by atoms with Gasteiger partial charge >= 0.3 is 0 Å². The zero-order valence-corrected chi connectivity index (χ0v) is 14.0. The minimum atomic E-state index is -0.147. The number of benzene rings is 1. The average molecular weight is 338 g/mol. The highest BCUT2D eigenvalue weighted by Gasteiger charge is 2.12. The van der Waals surface area contributed by atoms with Crippen molar-refractivity contribution in [1.29, 1.82) is 0 Å². The summed E-state index contributed by atoms with van der Waals surface area (Å²) in [6.45, 7) is 3.66. The van der Waals surface area contributed by atoms with Crippen LogP contribution in [0.5, 0.6) is 0 Å². The van der Waals surface area contributed by atoms with Crippen molar-refractivity contribution in [1.82, 2.24) is 29.5 Å². The molecule has 0 spiro atoms. The fraction of sp³-hybridized carbons (Fsp3) is 0.188. The van der Waals surface area contributed by atoms with Crippen LogP contribution >= 0.6 is 11.8 Å². The molecule has 3 aromatic heterocycles. The minimum Gasteiger partial charge on any atom is -0.310 e. The Morgan fingerprint density at radius 3 is 2.83 bits per heavy atom. The number of aryl methyl sites for hydroxylation is 2. The van der Waals surface area contributed by atoms with Gasteiger partial charge in [0, 0.05) is 17.1 Å². The Bertz CT molecular complexity index is 1120. The normalized spacial score (nSPS) is 11.4. The van der Waals surface area contributed by atoms with Crippen LogP contribution in [0.25, 0.3) is 16.6 Å². The van der Waals surface area contributed by atoms with Crippen molar-refractivity contribution in [2.45, 2.75) is 24.8 Å². The van der Waals surface area contributed by atoms with Gasteiger partial charge in [0.05, 0.1) is 11.3 Å². The van der Waals surface area contributed by atoms with Crippen molar-refractivity contribution in [3.8, 4) is 0 Å². The average Bonchev–Trinajstić information content (AvgIpc) is 2.93. The van der Waals surface area contributed by atoms with Gasteiger partial charge in [0.15, 0.2) is 10.8 Å². The number of nitrogens with one attached hydrogen (secondary N) is 1. The van der Waals surface area contributed by atoms with Gasteiger partial charge in [0.1, 0.15) is 11.6 Å². The monoisotopic (exact) mass is 338 g/mol. The molecule has 8 heteroatoms. The molecule has 4 aromatic rings. The molecule has 0 amide bonds. The second kappa shape index (κ2) is 5.72. The van der Waals surface area contributed by atoms with Crippen LogP contribution in [0, 0.1) is 13.8 Å². The molecule has 0 fully saturated rings. The van der Waals surface area contributed by atoms with Crippen molar-refractivity contribution in [2.75, 3.05) is 0 Å². The fourth-order valence-electron chi connectivity index (χ4n) is 2.57. The van der Waals surface area contributed by atoms with Gasteiger partial charge in [0.2, 0.25) is 0 Å². The van der Waals surface area contributed by atoms with Gasteiger partial charge in [-0.15, -0.1) is 5.10 Å². The number of fused-ring (bicyclic) bond motifs is 3. The van der Waals surface area contributed by atoms with Crippen LogP contribution in [-0.4, -0.2) is 29.5 Å². The van der Waals surface area contributed by atoms with E-state index in [0.29, 0.717) is 28.3 Å². The third-order valence-corrected chi connectivity index (χ3v) is 4.45. The summed E-state index contributed by atoms with van der Waals surface area (Å²) in [5, 5.41) is 6.12. The minimum absolute atomic E-state index is 0.147. The lowest BCUT2D eigenvalue weighted by Gasteiger charge is -2.06. The fourth-order valence-corrected chi connectivity index (χ4v) is 3.38. The molecule has 3 heterocycles. The van der Waals surface area contributed by atoms with Crippen LogP contribution < -0.4 is 5.56 Å². The number of para-hydroxylation sites is 1. The maximum Gasteiger partial charge on any atom is 0.251 e. The van der Waals surface area contributed by atoms with Gasteiger partial charge in [-0.2, -0.15) is 4.52 Å². The molecule has 0 atom stereocenters. The lowest BCUT2D eigenvalue weighted by molar-refractivity contribution is 0.795. The van der Waals surface area contributed by atoms with E-state index in [0.717, 1.165) is 16.6 Å². The Kier molecular flexibility index (Phi) is 3.53. The van der Waals surface area contributed by atoms with Crippen molar-refractivity contribution in [3.05, 3.63) is 58.0 Å². The zero-order valence-electron chi connectivity index (χ0n) is 13.1. The zero-order chi connectivity index (χ0) is 16.7. The van der Waals surface area contributed by atoms with Crippen molar-refractivity contribution in [2.24, 2.45) is 0 Å². The van der Waals surface area contributed by atoms with E-state index < -0.39 is 0 Å². The molecule has 0 aliphatic carbocycles. The lowest BCUT2D eigenvalue weighted by atomic mass is 10.2. The second-order valence-corrected chi connectivity index (χ2v) is 6.37. The molecule has 0 saturated carbocycles. The van der Waals surface area contributed by atoms with E-state index in [-0.39, 0.29) is 5.56 Å². The van der Waals surface area contributed by atoms with Crippen LogP contribution in [0.15, 0.2) is 40.3 Å². The number of aromatic amines is 1. The number of aromatic nitrogens is 6. The summed E-state index contributed by atoms with van der Waals surface area (Å²) >= 11 is 1.47. The Morgan fingerprint density at radius 1 is 1.17 bits per heavy atom. The van der Waals surface area contributed by atoms with Gasteiger partial charge in [0.25, 0.3) is 5.56 Å². The highest BCUT2D eigenvalue weighted by molar-refractivity contribution is 7.98. The topological polar surface area (TPSA) is 88.8 Å². The number of thioether (sulfide) groups is 1. The molecule has 24 heavy (non-hydrogen) atoms. The lowest BCUT2D eigenvalue weighted by Crippen LogP contribution is -2.10. The Hall–Kier alpha value is -2.74. The third-order valence-electron chi connectivity index (χ3n) is 3.51. The molecular weight excluding hydrogens is 324 g/mol. The van der Waals surface area contributed by atoms with E-state index >= 15 is 0 Å². The largest absolute Gasteiger partial charge is 0.310 e. The van der Waals surface area contributed by atoms with Crippen molar-refractivity contribution >= 4 is 28.3 Å². The Labute approximate surface area is 141 Å². The van der Waals surface area contributed by atoms with Gasteiger partial charge in [-0.1, -0.05) is 23.9 Å². The van der Waals surface area contributed by atoms with E-state index in [1.54, 1.807) is 11.4 Å². The predicted octanol–water partition coefficient (Wildman–Crippen LogP) is 2.27. The molecule has 120 valence electrons. The number of hydrogen-bond donors (Lipinski definition) is 1. The SMILES string of the molecule is Cc1cc(=O)[nH]c(CSc2nc3ccccc3c3nc(C)nn23)n1. The molecular formula is C16H14N6OS. The molecule has 1 aromatic carbocycles. The van der Waals surface area contributed by atoms with Gasteiger partial charge in [-0.3, -0.25) is 4.79 Å². The van der Waals surface area contributed by atoms with Crippen LogP contribution in [-0.2, 0) is 5.75 Å². The highest BCUT2D eigenvalue weighted by atomic mass is 32.2. The van der Waals surface area contributed by atoms with Crippen molar-refractivity contribution < 1.29 is 0 Å². The van der Waals surface area contributed by atoms with Crippen molar-refractivity contribution in [3.63, 3.8) is 0 Å². The smallest absolute Gasteiger partial charge is 0.251 e. The summed E-state index contributed by atoms with van der Waals surface area (Å²) in [6, 6.07) is 9.32. The van der Waals surface area contributed by atoms with Crippen LogP contribution in [0.3, 0.4) is 0 Å². The molecule has 0 aliphatic heterocycles. The second-order valence-electron chi connectivity index (χ2n) is 5.43. The van der Waals surface area contributed by atoms with E-state index in [1.807, 2.05) is 31.2 Å². The van der Waals surface area contributed by atoms with Crippen LogP contribution in [0.1, 0.15) is 17.3 Å². The summed E-state index contributed by atoms with van der Waals surface area (Å²) < 4.78 is 1.75. The van der Waals surface area contributed by atoms with E-state index in [1.165, 1.54) is 17.8 Å². The van der Waals surface area contributed by atoms with E-state index in [4.69, 9.17) is 0 Å². The van der Waals surface area contributed by atoms with Gasteiger partial charge in [-0.05, 0) is 26.0 Å². The quantitative estimate of drug-likeness (QED) is 0.455. The number of rotatable bonds is 3. The first-order chi connectivity index (χ1) is 11.6. The molecule has 7 nitrogen and oxygen atoms in total. The van der Waals surface area contributed by atoms with Gasteiger partial charge < -0.3 is 4.98 Å². The maximum atomic E-state index is 11.6. The number of nitrogens with zero attached hydrogens (tertiary/aromatic N) is 5. The molecule has 0 radical (unpaired) electrons. The van der Waals surface area contributed by atoms with E-state index in [9.17, 15) is 4.79 Å². The molecule has 0 saturated heterocycles. The first-order valence-corrected chi connectivity index (χ1v) is 8.40. The summed E-state index contributed by atoms with van der Waals surface area (Å²) in [7, 11) is 0. The Balaban J connectivity index is 1.78. The Morgan fingerprint density at radius 2 is 2.00 bits per heavy atom. The summed E-state index contributed by atoms with van der Waals surface area (Å²) in [6.07, 6.45) is 0.